The summed E-state index contributed by atoms with van der Waals surface area (Å²) in [6, 6.07) is 21.9. The molecule has 3 aromatic carbocycles. The molecule has 0 atom stereocenters. The van der Waals surface area contributed by atoms with E-state index in [4.69, 9.17) is 11.6 Å². The highest BCUT2D eigenvalue weighted by Crippen LogP contribution is 2.21. The molecule has 1 amide bonds. The number of amides is 1. The standard InChI is InChI=1S/C24H19ClN4O2S/c1-16-7-12-21-20(13-16)23(31)29(19-5-3-2-4-6-19)24(27-21)32-15-22(30)28-26-14-17-8-10-18(25)11-9-17/h2-14H,15H2,1H3,(H,28,30)/b26-14+. The third kappa shape index (κ3) is 5.07. The number of hydrogen-bond donors (Lipinski definition) is 1. The van der Waals surface area contributed by atoms with E-state index in [-0.39, 0.29) is 17.2 Å². The second-order valence-corrected chi connectivity index (χ2v) is 8.40. The van der Waals surface area contributed by atoms with Crippen LogP contribution in [0.4, 0.5) is 0 Å². The summed E-state index contributed by atoms with van der Waals surface area (Å²) >= 11 is 7.04. The minimum absolute atomic E-state index is 0.0502. The van der Waals surface area contributed by atoms with E-state index in [0.717, 1.165) is 11.1 Å². The number of benzene rings is 3. The van der Waals surface area contributed by atoms with E-state index in [2.05, 4.69) is 15.5 Å². The number of nitrogens with zero attached hydrogens (tertiary/aromatic N) is 3. The van der Waals surface area contributed by atoms with Crippen molar-refractivity contribution in [1.82, 2.24) is 15.0 Å². The Bertz CT molecular complexity index is 1350. The summed E-state index contributed by atoms with van der Waals surface area (Å²) in [6.45, 7) is 1.93. The van der Waals surface area contributed by atoms with Crippen LogP contribution in [-0.2, 0) is 4.79 Å². The quantitative estimate of drug-likeness (QED) is 0.197. The lowest BCUT2D eigenvalue weighted by atomic mass is 10.1. The third-order valence-electron chi connectivity index (χ3n) is 4.61. The van der Waals surface area contributed by atoms with Gasteiger partial charge in [0.15, 0.2) is 5.16 Å². The zero-order valence-corrected chi connectivity index (χ0v) is 18.7. The van der Waals surface area contributed by atoms with E-state index in [1.165, 1.54) is 22.5 Å². The van der Waals surface area contributed by atoms with Crippen LogP contribution in [0, 0.1) is 6.92 Å². The zero-order valence-electron chi connectivity index (χ0n) is 17.2. The number of hydrogen-bond acceptors (Lipinski definition) is 5. The normalized spacial score (nSPS) is 11.2. The van der Waals surface area contributed by atoms with Crippen molar-refractivity contribution in [2.75, 3.05) is 5.75 Å². The van der Waals surface area contributed by atoms with Crippen LogP contribution < -0.4 is 11.0 Å². The number of nitrogens with one attached hydrogen (secondary N) is 1. The first-order valence-electron chi connectivity index (χ1n) is 9.80. The molecule has 0 aliphatic carbocycles. The van der Waals surface area contributed by atoms with Gasteiger partial charge in [-0.3, -0.25) is 14.2 Å². The Hall–Kier alpha value is -3.42. The second-order valence-electron chi connectivity index (χ2n) is 7.02. The Balaban J connectivity index is 1.56. The molecule has 1 aromatic heterocycles. The van der Waals surface area contributed by atoms with Gasteiger partial charge in [-0.15, -0.1) is 0 Å². The molecule has 0 spiro atoms. The van der Waals surface area contributed by atoms with Crippen molar-refractivity contribution < 1.29 is 4.79 Å². The second kappa shape index (κ2) is 9.80. The zero-order chi connectivity index (χ0) is 22.5. The molecule has 1 N–H and O–H groups in total. The van der Waals surface area contributed by atoms with Gasteiger partial charge in [0.2, 0.25) is 0 Å². The number of thioether (sulfide) groups is 1. The summed E-state index contributed by atoms with van der Waals surface area (Å²) in [5, 5.41) is 5.58. The van der Waals surface area contributed by atoms with Crippen LogP contribution in [0.2, 0.25) is 5.02 Å². The number of aromatic nitrogens is 2. The maximum absolute atomic E-state index is 13.3. The average molecular weight is 463 g/mol. The van der Waals surface area contributed by atoms with Crippen LogP contribution in [0.3, 0.4) is 0 Å². The molecule has 0 aliphatic rings. The van der Waals surface area contributed by atoms with Gasteiger partial charge in [0, 0.05) is 5.02 Å². The molecule has 0 radical (unpaired) electrons. The number of halogens is 1. The number of carbonyl (C=O) groups is 1. The highest BCUT2D eigenvalue weighted by molar-refractivity contribution is 7.99. The van der Waals surface area contributed by atoms with Crippen molar-refractivity contribution in [2.45, 2.75) is 12.1 Å². The van der Waals surface area contributed by atoms with E-state index in [0.29, 0.717) is 26.8 Å². The van der Waals surface area contributed by atoms with E-state index in [9.17, 15) is 9.59 Å². The predicted molar refractivity (Wildman–Crippen MR) is 130 cm³/mol. The topological polar surface area (TPSA) is 76.3 Å². The van der Waals surface area contributed by atoms with Crippen molar-refractivity contribution in [1.29, 1.82) is 0 Å². The lowest BCUT2D eigenvalue weighted by Crippen LogP contribution is -2.24. The van der Waals surface area contributed by atoms with Gasteiger partial charge in [0.25, 0.3) is 11.5 Å². The summed E-state index contributed by atoms with van der Waals surface area (Å²) in [7, 11) is 0. The van der Waals surface area contributed by atoms with E-state index in [1.54, 1.807) is 24.3 Å². The van der Waals surface area contributed by atoms with Crippen LogP contribution in [0.15, 0.2) is 87.8 Å². The van der Waals surface area contributed by atoms with E-state index >= 15 is 0 Å². The summed E-state index contributed by atoms with van der Waals surface area (Å²) in [4.78, 5) is 30.3. The minimum atomic E-state index is -0.307. The van der Waals surface area contributed by atoms with Gasteiger partial charge in [-0.25, -0.2) is 10.4 Å². The van der Waals surface area contributed by atoms with Crippen molar-refractivity contribution in [3.63, 3.8) is 0 Å². The summed E-state index contributed by atoms with van der Waals surface area (Å²) in [5.41, 5.74) is 5.40. The molecule has 0 unspecified atom stereocenters. The maximum Gasteiger partial charge on any atom is 0.266 e. The van der Waals surface area contributed by atoms with Crippen molar-refractivity contribution in [2.24, 2.45) is 5.10 Å². The number of para-hydroxylation sites is 1. The molecule has 32 heavy (non-hydrogen) atoms. The van der Waals surface area contributed by atoms with Crippen molar-refractivity contribution in [3.8, 4) is 5.69 Å². The van der Waals surface area contributed by atoms with Gasteiger partial charge in [-0.2, -0.15) is 5.10 Å². The Kier molecular flexibility index (Phi) is 6.68. The summed E-state index contributed by atoms with van der Waals surface area (Å²) < 4.78 is 1.54. The highest BCUT2D eigenvalue weighted by Gasteiger charge is 2.15. The lowest BCUT2D eigenvalue weighted by molar-refractivity contribution is -0.118. The highest BCUT2D eigenvalue weighted by atomic mass is 35.5. The number of fused-ring (bicyclic) bond motifs is 1. The molecule has 0 saturated carbocycles. The first kappa shape index (κ1) is 21.8. The van der Waals surface area contributed by atoms with Gasteiger partial charge in [-0.1, -0.05) is 65.3 Å². The number of carbonyl (C=O) groups excluding carboxylic acids is 1. The predicted octanol–water partition coefficient (Wildman–Crippen LogP) is 4.59. The molecule has 160 valence electrons. The van der Waals surface area contributed by atoms with Gasteiger partial charge in [0.05, 0.1) is 28.6 Å². The largest absolute Gasteiger partial charge is 0.272 e. The lowest BCUT2D eigenvalue weighted by Gasteiger charge is -2.13. The first-order chi connectivity index (χ1) is 15.5. The fraction of sp³-hybridized carbons (Fsp3) is 0.0833. The Morgan fingerprint density at radius 3 is 2.62 bits per heavy atom. The smallest absolute Gasteiger partial charge is 0.266 e. The van der Waals surface area contributed by atoms with Gasteiger partial charge in [0.1, 0.15) is 0 Å². The van der Waals surface area contributed by atoms with Gasteiger partial charge < -0.3 is 0 Å². The molecule has 0 fully saturated rings. The van der Waals surface area contributed by atoms with Crippen LogP contribution in [0.25, 0.3) is 16.6 Å². The molecule has 0 aliphatic heterocycles. The Labute approximate surface area is 194 Å². The van der Waals surface area contributed by atoms with Crippen LogP contribution in [0.1, 0.15) is 11.1 Å². The Morgan fingerprint density at radius 2 is 1.88 bits per heavy atom. The fourth-order valence-corrected chi connectivity index (χ4v) is 4.00. The molecule has 4 rings (SSSR count). The van der Waals surface area contributed by atoms with Crippen LogP contribution in [0.5, 0.6) is 0 Å². The maximum atomic E-state index is 13.3. The summed E-state index contributed by atoms with van der Waals surface area (Å²) in [5.74, 6) is -0.257. The number of hydrazone groups is 1. The third-order valence-corrected chi connectivity index (χ3v) is 5.80. The monoisotopic (exact) mass is 462 g/mol. The Morgan fingerprint density at radius 1 is 1.12 bits per heavy atom. The molecule has 0 bridgehead atoms. The van der Waals surface area contributed by atoms with Crippen LogP contribution >= 0.6 is 23.4 Å². The van der Waals surface area contributed by atoms with Crippen molar-refractivity contribution >= 4 is 46.4 Å². The SMILES string of the molecule is Cc1ccc2nc(SCC(=O)N/N=C/c3ccc(Cl)cc3)n(-c3ccccc3)c(=O)c2c1. The minimum Gasteiger partial charge on any atom is -0.272 e. The number of rotatable bonds is 6. The summed E-state index contributed by atoms with van der Waals surface area (Å²) in [6.07, 6.45) is 1.54. The number of aryl methyl sites for hydroxylation is 1. The molecule has 0 saturated heterocycles. The molecule has 4 aromatic rings. The molecule has 6 nitrogen and oxygen atoms in total. The van der Waals surface area contributed by atoms with E-state index < -0.39 is 0 Å². The van der Waals surface area contributed by atoms with Gasteiger partial charge in [-0.05, 0) is 48.9 Å². The van der Waals surface area contributed by atoms with E-state index in [1.807, 2.05) is 55.5 Å². The molecular weight excluding hydrogens is 444 g/mol. The first-order valence-corrected chi connectivity index (χ1v) is 11.2. The molecule has 8 heteroatoms. The van der Waals surface area contributed by atoms with Crippen LogP contribution in [-0.4, -0.2) is 27.4 Å². The average Bonchev–Trinajstić information content (AvgIpc) is 2.80. The van der Waals surface area contributed by atoms with Gasteiger partial charge >= 0.3 is 0 Å². The fourth-order valence-electron chi connectivity index (χ4n) is 3.07. The molecular formula is C24H19ClN4O2S. The van der Waals surface area contributed by atoms with Crippen molar-refractivity contribution in [3.05, 3.63) is 99.3 Å². The molecule has 1 heterocycles.